The SMILES string of the molecule is COc1ccc2ncc(F)c(CCNC3CCC3CNCc3ccc4c(n3)NC(=O)CO4)c2n1. The Hall–Kier alpha value is -3.37. The van der Waals surface area contributed by atoms with Crippen LogP contribution in [0, 0.1) is 11.7 Å². The Bertz CT molecular complexity index is 1210. The summed E-state index contributed by atoms with van der Waals surface area (Å²) in [6, 6.07) is 7.64. The average molecular weight is 467 g/mol. The van der Waals surface area contributed by atoms with Gasteiger partial charge < -0.3 is 25.4 Å². The molecule has 3 aromatic rings. The van der Waals surface area contributed by atoms with Crippen LogP contribution in [-0.4, -0.2) is 53.7 Å². The molecule has 34 heavy (non-hydrogen) atoms. The predicted octanol–water partition coefficient (Wildman–Crippen LogP) is 2.20. The van der Waals surface area contributed by atoms with E-state index in [-0.39, 0.29) is 18.3 Å². The summed E-state index contributed by atoms with van der Waals surface area (Å²) in [5, 5.41) is 9.76. The van der Waals surface area contributed by atoms with Crippen molar-refractivity contribution in [3.05, 3.63) is 47.5 Å². The number of halogens is 1. The summed E-state index contributed by atoms with van der Waals surface area (Å²) < 4.78 is 25.0. The van der Waals surface area contributed by atoms with E-state index in [9.17, 15) is 9.18 Å². The van der Waals surface area contributed by atoms with E-state index in [0.29, 0.717) is 65.5 Å². The summed E-state index contributed by atoms with van der Waals surface area (Å²) in [5.74, 6) is 1.48. The van der Waals surface area contributed by atoms with Gasteiger partial charge in [0.25, 0.3) is 5.91 Å². The number of hydrogen-bond acceptors (Lipinski definition) is 8. The normalized spacial score (nSPS) is 19.2. The van der Waals surface area contributed by atoms with Gasteiger partial charge in [0.05, 0.1) is 30.0 Å². The first-order chi connectivity index (χ1) is 16.6. The van der Waals surface area contributed by atoms with Crippen molar-refractivity contribution >= 4 is 22.8 Å². The van der Waals surface area contributed by atoms with E-state index in [2.05, 4.69) is 30.9 Å². The molecule has 1 amide bonds. The van der Waals surface area contributed by atoms with E-state index >= 15 is 0 Å². The summed E-state index contributed by atoms with van der Waals surface area (Å²) in [4.78, 5) is 24.5. The maximum atomic E-state index is 14.5. The van der Waals surface area contributed by atoms with Gasteiger partial charge in [0, 0.05) is 24.2 Å². The lowest BCUT2D eigenvalue weighted by atomic mass is 9.79. The van der Waals surface area contributed by atoms with Gasteiger partial charge in [-0.2, -0.15) is 0 Å². The van der Waals surface area contributed by atoms with Crippen molar-refractivity contribution in [3.63, 3.8) is 0 Å². The topological polar surface area (TPSA) is 110 Å². The molecule has 0 aromatic carbocycles. The molecule has 3 aromatic heterocycles. The van der Waals surface area contributed by atoms with Gasteiger partial charge in [0.2, 0.25) is 5.88 Å². The van der Waals surface area contributed by atoms with Gasteiger partial charge in [-0.15, -0.1) is 0 Å². The lowest BCUT2D eigenvalue weighted by Crippen LogP contribution is -2.48. The second-order valence-electron chi connectivity index (χ2n) is 8.57. The molecule has 1 fully saturated rings. The number of carbonyl (C=O) groups excluding carboxylic acids is 1. The van der Waals surface area contributed by atoms with E-state index in [1.165, 1.54) is 6.20 Å². The number of fused-ring (bicyclic) bond motifs is 2. The molecule has 2 unspecified atom stereocenters. The van der Waals surface area contributed by atoms with Crippen LogP contribution >= 0.6 is 0 Å². The number of ether oxygens (including phenoxy) is 2. The summed E-state index contributed by atoms with van der Waals surface area (Å²) >= 11 is 0. The van der Waals surface area contributed by atoms with E-state index in [4.69, 9.17) is 9.47 Å². The van der Waals surface area contributed by atoms with Crippen LogP contribution in [0.4, 0.5) is 10.2 Å². The van der Waals surface area contributed by atoms with Crippen molar-refractivity contribution in [1.29, 1.82) is 0 Å². The highest BCUT2D eigenvalue weighted by molar-refractivity contribution is 5.94. The van der Waals surface area contributed by atoms with Crippen molar-refractivity contribution in [2.45, 2.75) is 31.8 Å². The summed E-state index contributed by atoms with van der Waals surface area (Å²) in [7, 11) is 1.54. The number of anilines is 1. The highest BCUT2D eigenvalue weighted by Gasteiger charge is 2.30. The highest BCUT2D eigenvalue weighted by Crippen LogP contribution is 2.28. The Labute approximate surface area is 196 Å². The summed E-state index contributed by atoms with van der Waals surface area (Å²) in [5.41, 5.74) is 2.60. The highest BCUT2D eigenvalue weighted by atomic mass is 19.1. The smallest absolute Gasteiger partial charge is 0.263 e. The molecule has 4 heterocycles. The molecule has 3 N–H and O–H groups in total. The van der Waals surface area contributed by atoms with Crippen molar-refractivity contribution in [1.82, 2.24) is 25.6 Å². The Morgan fingerprint density at radius 3 is 2.97 bits per heavy atom. The molecular weight excluding hydrogens is 439 g/mol. The van der Waals surface area contributed by atoms with Crippen LogP contribution in [0.1, 0.15) is 24.1 Å². The van der Waals surface area contributed by atoms with Crippen molar-refractivity contribution in [2.24, 2.45) is 5.92 Å². The molecule has 10 heteroatoms. The van der Waals surface area contributed by atoms with Gasteiger partial charge in [0.1, 0.15) is 5.82 Å². The van der Waals surface area contributed by atoms with Gasteiger partial charge in [0.15, 0.2) is 18.2 Å². The number of aromatic nitrogens is 3. The first kappa shape index (κ1) is 22.4. The third-order valence-corrected chi connectivity index (χ3v) is 6.39. The van der Waals surface area contributed by atoms with Gasteiger partial charge >= 0.3 is 0 Å². The van der Waals surface area contributed by atoms with E-state index < -0.39 is 0 Å². The quantitative estimate of drug-likeness (QED) is 0.440. The minimum Gasteiger partial charge on any atom is -0.481 e. The minimum absolute atomic E-state index is 0.0249. The van der Waals surface area contributed by atoms with Crippen LogP contribution in [0.3, 0.4) is 0 Å². The first-order valence-electron chi connectivity index (χ1n) is 11.5. The largest absolute Gasteiger partial charge is 0.481 e. The molecule has 1 saturated carbocycles. The molecule has 9 nitrogen and oxygen atoms in total. The number of nitrogens with zero attached hydrogens (tertiary/aromatic N) is 3. The van der Waals surface area contributed by atoms with E-state index in [1.807, 2.05) is 12.1 Å². The number of nitrogens with one attached hydrogen (secondary N) is 3. The van der Waals surface area contributed by atoms with Gasteiger partial charge in [-0.25, -0.2) is 14.4 Å². The minimum atomic E-state index is -0.346. The standard InChI is InChI=1S/C24H27FN6O3/c1-33-22-7-5-19-23(31-22)16(17(25)12-28-19)8-9-27-18-4-2-14(18)10-26-11-15-3-6-20-24(29-15)30-21(32)13-34-20/h3,5-7,12,14,18,26-27H,2,4,8-11,13H2,1H3,(H,29,30,32). The fraction of sp³-hybridized carbons (Fsp3) is 0.417. The van der Waals surface area contributed by atoms with Crippen LogP contribution in [0.25, 0.3) is 11.0 Å². The monoisotopic (exact) mass is 466 g/mol. The van der Waals surface area contributed by atoms with E-state index in [0.717, 1.165) is 25.1 Å². The molecule has 2 atom stereocenters. The van der Waals surface area contributed by atoms with Gasteiger partial charge in [-0.05, 0) is 56.5 Å². The zero-order valence-electron chi connectivity index (χ0n) is 18.9. The van der Waals surface area contributed by atoms with Crippen LogP contribution in [0.2, 0.25) is 0 Å². The fourth-order valence-electron chi connectivity index (χ4n) is 4.38. The van der Waals surface area contributed by atoms with Gasteiger partial charge in [-0.3, -0.25) is 9.78 Å². The number of amides is 1. The second kappa shape index (κ2) is 9.86. The maximum Gasteiger partial charge on any atom is 0.263 e. The Morgan fingerprint density at radius 1 is 1.24 bits per heavy atom. The average Bonchev–Trinajstić information content (AvgIpc) is 2.84. The molecular formula is C24H27FN6O3. The third kappa shape index (κ3) is 4.78. The Morgan fingerprint density at radius 2 is 2.15 bits per heavy atom. The van der Waals surface area contributed by atoms with Crippen molar-refractivity contribution < 1.29 is 18.7 Å². The van der Waals surface area contributed by atoms with Crippen LogP contribution in [0.5, 0.6) is 11.6 Å². The zero-order chi connectivity index (χ0) is 23.5. The molecule has 178 valence electrons. The van der Waals surface area contributed by atoms with Crippen LogP contribution in [-0.2, 0) is 17.8 Å². The zero-order valence-corrected chi connectivity index (χ0v) is 18.9. The van der Waals surface area contributed by atoms with E-state index in [1.54, 1.807) is 19.2 Å². The Balaban J connectivity index is 1.11. The van der Waals surface area contributed by atoms with Crippen LogP contribution < -0.4 is 25.4 Å². The number of hydrogen-bond donors (Lipinski definition) is 3. The van der Waals surface area contributed by atoms with Crippen molar-refractivity contribution in [3.8, 4) is 11.6 Å². The first-order valence-corrected chi connectivity index (χ1v) is 11.5. The Kier molecular flexibility index (Phi) is 6.50. The number of pyridine rings is 3. The predicted molar refractivity (Wildman–Crippen MR) is 124 cm³/mol. The summed E-state index contributed by atoms with van der Waals surface area (Å²) in [6.45, 7) is 2.14. The fourth-order valence-corrected chi connectivity index (χ4v) is 4.38. The molecule has 0 bridgehead atoms. The maximum absolute atomic E-state index is 14.5. The lowest BCUT2D eigenvalue weighted by molar-refractivity contribution is -0.118. The number of methoxy groups -OCH3 is 1. The van der Waals surface area contributed by atoms with Gasteiger partial charge in [-0.1, -0.05) is 0 Å². The summed E-state index contributed by atoms with van der Waals surface area (Å²) in [6.07, 6.45) is 4.01. The molecule has 1 aliphatic carbocycles. The molecule has 1 aliphatic heterocycles. The molecule has 0 saturated heterocycles. The second-order valence-corrected chi connectivity index (χ2v) is 8.57. The third-order valence-electron chi connectivity index (χ3n) is 6.39. The van der Waals surface area contributed by atoms with Crippen LogP contribution in [0.15, 0.2) is 30.5 Å². The molecule has 2 aliphatic rings. The lowest BCUT2D eigenvalue weighted by Gasteiger charge is -2.37. The molecule has 0 spiro atoms. The molecule has 0 radical (unpaired) electrons. The molecule has 5 rings (SSSR count). The number of rotatable bonds is 9. The van der Waals surface area contributed by atoms with Crippen molar-refractivity contribution in [2.75, 3.05) is 32.1 Å². The number of carbonyl (C=O) groups is 1.